The van der Waals surface area contributed by atoms with E-state index in [0.29, 0.717) is 28.6 Å². The molecule has 0 saturated heterocycles. The fourth-order valence-electron chi connectivity index (χ4n) is 2.25. The molecule has 0 saturated carbocycles. The van der Waals surface area contributed by atoms with Gasteiger partial charge in [-0.3, -0.25) is 4.79 Å². The van der Waals surface area contributed by atoms with E-state index in [-0.39, 0.29) is 19.1 Å². The Morgan fingerprint density at radius 3 is 2.27 bits per heavy atom. The number of carbonyl (C=O) groups is 1. The molecule has 0 aromatic heterocycles. The Kier molecular flexibility index (Phi) is 7.19. The van der Waals surface area contributed by atoms with Gasteiger partial charge in [0.25, 0.3) is 5.91 Å². The summed E-state index contributed by atoms with van der Waals surface area (Å²) in [5, 5.41) is 2.72. The van der Waals surface area contributed by atoms with E-state index in [9.17, 15) is 4.79 Å². The number of methoxy groups -OCH3 is 3. The molecule has 26 heavy (non-hydrogen) atoms. The third-order valence-electron chi connectivity index (χ3n) is 3.48. The van der Waals surface area contributed by atoms with E-state index in [1.54, 1.807) is 31.4 Å². The molecule has 2 aromatic rings. The molecular formula is C20H21NO5. The van der Waals surface area contributed by atoms with E-state index in [1.165, 1.54) is 14.2 Å². The van der Waals surface area contributed by atoms with E-state index < -0.39 is 0 Å². The number of rotatable bonds is 7. The Morgan fingerprint density at radius 1 is 0.885 bits per heavy atom. The lowest BCUT2D eigenvalue weighted by Gasteiger charge is -2.11. The van der Waals surface area contributed by atoms with Crippen LogP contribution in [0.3, 0.4) is 0 Å². The van der Waals surface area contributed by atoms with Gasteiger partial charge in [-0.25, -0.2) is 0 Å². The molecule has 1 N–H and O–H groups in total. The molecule has 0 spiro atoms. The van der Waals surface area contributed by atoms with Crippen molar-refractivity contribution in [2.75, 3.05) is 34.5 Å². The summed E-state index contributed by atoms with van der Waals surface area (Å²) in [5.41, 5.74) is 0.388. The number of amides is 1. The Bertz CT molecular complexity index is 807. The molecule has 2 rings (SSSR count). The van der Waals surface area contributed by atoms with Gasteiger partial charge in [0, 0.05) is 0 Å². The van der Waals surface area contributed by atoms with Gasteiger partial charge in [0.05, 0.1) is 33.4 Å². The van der Waals surface area contributed by atoms with Gasteiger partial charge in [0.1, 0.15) is 6.61 Å². The van der Waals surface area contributed by atoms with Crippen LogP contribution in [0, 0.1) is 11.8 Å². The Balaban J connectivity index is 1.87. The van der Waals surface area contributed by atoms with Crippen molar-refractivity contribution in [2.24, 2.45) is 0 Å². The number of ether oxygens (including phenoxy) is 4. The van der Waals surface area contributed by atoms with Gasteiger partial charge in [-0.1, -0.05) is 30.0 Å². The van der Waals surface area contributed by atoms with Crippen LogP contribution in [0.5, 0.6) is 23.0 Å². The van der Waals surface area contributed by atoms with Crippen LogP contribution in [0.15, 0.2) is 42.5 Å². The molecule has 0 aliphatic heterocycles. The van der Waals surface area contributed by atoms with Gasteiger partial charge in [-0.15, -0.1) is 0 Å². The maximum absolute atomic E-state index is 12.3. The zero-order valence-corrected chi connectivity index (χ0v) is 15.0. The predicted octanol–water partition coefficient (Wildman–Crippen LogP) is 2.52. The van der Waals surface area contributed by atoms with Gasteiger partial charge in [-0.05, 0) is 24.3 Å². The largest absolute Gasteiger partial charge is 0.493 e. The normalized spacial score (nSPS) is 9.50. The van der Waals surface area contributed by atoms with E-state index >= 15 is 0 Å². The summed E-state index contributed by atoms with van der Waals surface area (Å²) < 4.78 is 21.2. The van der Waals surface area contributed by atoms with Crippen molar-refractivity contribution in [2.45, 2.75) is 0 Å². The molecule has 0 bridgehead atoms. The molecule has 136 valence electrons. The number of carbonyl (C=O) groups excluding carboxylic acids is 1. The molecule has 2 aromatic carbocycles. The first-order valence-electron chi connectivity index (χ1n) is 7.92. The fourth-order valence-corrected chi connectivity index (χ4v) is 2.25. The SMILES string of the molecule is COc1ccccc1OCC#CCNC(=O)c1cccc(OC)c1OC. The van der Waals surface area contributed by atoms with Crippen LogP contribution < -0.4 is 24.3 Å². The third-order valence-corrected chi connectivity index (χ3v) is 3.48. The van der Waals surface area contributed by atoms with Crippen LogP contribution in [0.1, 0.15) is 10.4 Å². The van der Waals surface area contributed by atoms with Gasteiger partial charge in [0.2, 0.25) is 0 Å². The lowest BCUT2D eigenvalue weighted by atomic mass is 10.1. The van der Waals surface area contributed by atoms with Crippen LogP contribution in [-0.4, -0.2) is 40.4 Å². The highest BCUT2D eigenvalue weighted by molar-refractivity contribution is 5.97. The molecule has 0 atom stereocenters. The molecule has 0 aliphatic rings. The van der Waals surface area contributed by atoms with Crippen LogP contribution >= 0.6 is 0 Å². The van der Waals surface area contributed by atoms with Gasteiger partial charge < -0.3 is 24.3 Å². The lowest BCUT2D eigenvalue weighted by molar-refractivity contribution is 0.0955. The number of benzene rings is 2. The highest BCUT2D eigenvalue weighted by Gasteiger charge is 2.15. The number of para-hydroxylation sites is 3. The van der Waals surface area contributed by atoms with Gasteiger partial charge in [0.15, 0.2) is 23.0 Å². The molecule has 6 heteroatoms. The average molecular weight is 355 g/mol. The highest BCUT2D eigenvalue weighted by Crippen LogP contribution is 2.30. The van der Waals surface area contributed by atoms with E-state index in [0.717, 1.165) is 0 Å². The van der Waals surface area contributed by atoms with Crippen LogP contribution in [0.2, 0.25) is 0 Å². The summed E-state index contributed by atoms with van der Waals surface area (Å²) in [6, 6.07) is 12.4. The number of hydrogen-bond acceptors (Lipinski definition) is 5. The molecule has 0 fully saturated rings. The van der Waals surface area contributed by atoms with E-state index in [2.05, 4.69) is 17.2 Å². The fraction of sp³-hybridized carbons (Fsp3) is 0.250. The Morgan fingerprint density at radius 2 is 1.58 bits per heavy atom. The Labute approximate surface area is 153 Å². The quantitative estimate of drug-likeness (QED) is 0.773. The minimum absolute atomic E-state index is 0.189. The second-order valence-corrected chi connectivity index (χ2v) is 5.02. The zero-order valence-electron chi connectivity index (χ0n) is 15.0. The topological polar surface area (TPSA) is 66.0 Å². The second-order valence-electron chi connectivity index (χ2n) is 5.02. The van der Waals surface area contributed by atoms with Crippen molar-refractivity contribution in [3.63, 3.8) is 0 Å². The van der Waals surface area contributed by atoms with Crippen molar-refractivity contribution in [1.29, 1.82) is 0 Å². The van der Waals surface area contributed by atoms with Gasteiger partial charge in [-0.2, -0.15) is 0 Å². The minimum Gasteiger partial charge on any atom is -0.493 e. The molecule has 0 heterocycles. The summed E-state index contributed by atoms with van der Waals surface area (Å²) in [6.45, 7) is 0.382. The first-order valence-corrected chi connectivity index (χ1v) is 7.92. The summed E-state index contributed by atoms with van der Waals surface area (Å²) in [4.78, 5) is 12.3. The lowest BCUT2D eigenvalue weighted by Crippen LogP contribution is -2.24. The first kappa shape index (κ1) is 19.0. The van der Waals surface area contributed by atoms with Crippen molar-refractivity contribution in [1.82, 2.24) is 5.32 Å². The van der Waals surface area contributed by atoms with Gasteiger partial charge >= 0.3 is 0 Å². The smallest absolute Gasteiger partial charge is 0.255 e. The average Bonchev–Trinajstić information content (AvgIpc) is 2.69. The summed E-state index contributed by atoms with van der Waals surface area (Å²) in [6.07, 6.45) is 0. The van der Waals surface area contributed by atoms with Crippen molar-refractivity contribution < 1.29 is 23.7 Å². The molecule has 0 unspecified atom stereocenters. The number of nitrogens with one attached hydrogen (secondary N) is 1. The maximum atomic E-state index is 12.3. The molecule has 6 nitrogen and oxygen atoms in total. The number of hydrogen-bond donors (Lipinski definition) is 1. The van der Waals surface area contributed by atoms with Crippen molar-refractivity contribution >= 4 is 5.91 Å². The monoisotopic (exact) mass is 355 g/mol. The third kappa shape index (κ3) is 4.84. The standard InChI is InChI=1S/C20H21NO5/c1-23-16-10-4-5-11-17(16)26-14-7-6-13-21-20(22)15-9-8-12-18(24-2)19(15)25-3/h4-5,8-12H,13-14H2,1-3H3,(H,21,22). The Hall–Kier alpha value is -3.33. The van der Waals surface area contributed by atoms with Crippen LogP contribution in [-0.2, 0) is 0 Å². The summed E-state index contributed by atoms with van der Waals surface area (Å²) in [5.74, 6) is 7.55. The van der Waals surface area contributed by atoms with Crippen LogP contribution in [0.4, 0.5) is 0 Å². The predicted molar refractivity (Wildman–Crippen MR) is 98.1 cm³/mol. The van der Waals surface area contributed by atoms with E-state index in [4.69, 9.17) is 18.9 Å². The highest BCUT2D eigenvalue weighted by atomic mass is 16.5. The summed E-state index contributed by atoms with van der Waals surface area (Å²) >= 11 is 0. The van der Waals surface area contributed by atoms with Crippen LogP contribution in [0.25, 0.3) is 0 Å². The first-order chi connectivity index (χ1) is 12.7. The molecular weight excluding hydrogens is 334 g/mol. The van der Waals surface area contributed by atoms with E-state index in [1.807, 2.05) is 18.2 Å². The summed E-state index contributed by atoms with van der Waals surface area (Å²) in [7, 11) is 4.59. The second kappa shape index (κ2) is 9.84. The molecule has 0 radical (unpaired) electrons. The molecule has 1 amide bonds. The molecule has 0 aliphatic carbocycles. The minimum atomic E-state index is -0.291. The van der Waals surface area contributed by atoms with Crippen molar-refractivity contribution in [3.8, 4) is 34.8 Å². The van der Waals surface area contributed by atoms with Crippen molar-refractivity contribution in [3.05, 3.63) is 48.0 Å². The maximum Gasteiger partial charge on any atom is 0.255 e. The zero-order chi connectivity index (χ0) is 18.8.